The number of rotatable bonds is 5. The predicted octanol–water partition coefficient (Wildman–Crippen LogP) is 4.28. The van der Waals surface area contributed by atoms with Crippen molar-refractivity contribution in [2.75, 3.05) is 0 Å². The van der Waals surface area contributed by atoms with Gasteiger partial charge in [0.05, 0.1) is 10.4 Å². The molecule has 0 fully saturated rings. The van der Waals surface area contributed by atoms with E-state index in [9.17, 15) is 18.0 Å². The van der Waals surface area contributed by atoms with E-state index in [0.29, 0.717) is 27.7 Å². The third-order valence-corrected chi connectivity index (χ3v) is 5.72. The summed E-state index contributed by atoms with van der Waals surface area (Å²) in [5.41, 5.74) is 1.68. The molecule has 3 aromatic rings. The van der Waals surface area contributed by atoms with E-state index in [-0.39, 0.29) is 24.1 Å². The van der Waals surface area contributed by atoms with E-state index in [1.54, 1.807) is 19.9 Å². The summed E-state index contributed by atoms with van der Waals surface area (Å²) < 4.78 is 40.3. The molecule has 0 aromatic carbocycles. The third-order valence-electron chi connectivity index (χ3n) is 4.30. The molecule has 0 saturated heterocycles. The largest absolute Gasteiger partial charge is 0.453 e. The standard InChI is InChI=1S/C17H17ClF3N5OS/c1-8-11(4-7-14(27)22-9(2)12-5-6-13(18)28-12)10(3)26-16(23-8)24-15(25-26)17(19,20)21/h5-6,9H,4,7H2,1-3H3,(H,22,27). The van der Waals surface area contributed by atoms with Crippen LogP contribution in [0.2, 0.25) is 4.34 Å². The van der Waals surface area contributed by atoms with Gasteiger partial charge in [-0.15, -0.1) is 16.4 Å². The molecule has 0 aliphatic heterocycles. The van der Waals surface area contributed by atoms with Crippen molar-refractivity contribution in [2.45, 2.75) is 45.8 Å². The van der Waals surface area contributed by atoms with Gasteiger partial charge in [-0.05, 0) is 44.9 Å². The van der Waals surface area contributed by atoms with Crippen molar-refractivity contribution in [1.29, 1.82) is 0 Å². The summed E-state index contributed by atoms with van der Waals surface area (Å²) in [6.07, 6.45) is -4.15. The smallest absolute Gasteiger partial charge is 0.349 e. The molecule has 6 nitrogen and oxygen atoms in total. The highest BCUT2D eigenvalue weighted by atomic mass is 35.5. The molecule has 0 aliphatic rings. The van der Waals surface area contributed by atoms with Gasteiger partial charge in [-0.3, -0.25) is 4.79 Å². The molecular formula is C17H17ClF3N5OS. The maximum atomic E-state index is 12.8. The average molecular weight is 432 g/mol. The molecule has 0 aliphatic carbocycles. The Morgan fingerprint density at radius 3 is 2.64 bits per heavy atom. The number of nitrogens with zero attached hydrogens (tertiary/aromatic N) is 4. The Morgan fingerprint density at radius 1 is 1.32 bits per heavy atom. The second-order valence-corrected chi connectivity index (χ2v) is 8.08. The fraction of sp³-hybridized carbons (Fsp3) is 0.412. The van der Waals surface area contributed by atoms with Gasteiger partial charge in [0.2, 0.25) is 5.91 Å². The van der Waals surface area contributed by atoms with Crippen molar-refractivity contribution < 1.29 is 18.0 Å². The molecule has 0 spiro atoms. The molecule has 1 N–H and O–H groups in total. The summed E-state index contributed by atoms with van der Waals surface area (Å²) in [5.74, 6) is -1.52. The van der Waals surface area contributed by atoms with Gasteiger partial charge in [0, 0.05) is 22.7 Å². The number of thiophene rings is 1. The summed E-state index contributed by atoms with van der Waals surface area (Å²) in [6.45, 7) is 5.18. The first-order chi connectivity index (χ1) is 13.1. The number of fused-ring (bicyclic) bond motifs is 1. The van der Waals surface area contributed by atoms with Crippen molar-refractivity contribution >= 4 is 34.6 Å². The van der Waals surface area contributed by atoms with Crippen LogP contribution >= 0.6 is 22.9 Å². The second-order valence-electron chi connectivity index (χ2n) is 6.34. The number of hydrogen-bond acceptors (Lipinski definition) is 5. The van der Waals surface area contributed by atoms with Gasteiger partial charge in [0.15, 0.2) is 0 Å². The summed E-state index contributed by atoms with van der Waals surface area (Å²) >= 11 is 7.30. The highest BCUT2D eigenvalue weighted by Crippen LogP contribution is 2.28. The zero-order valence-electron chi connectivity index (χ0n) is 15.3. The van der Waals surface area contributed by atoms with Crippen LogP contribution < -0.4 is 5.32 Å². The molecule has 3 aromatic heterocycles. The van der Waals surface area contributed by atoms with Gasteiger partial charge >= 0.3 is 6.18 Å². The van der Waals surface area contributed by atoms with Crippen LogP contribution in [0.25, 0.3) is 5.78 Å². The number of amides is 1. The minimum absolute atomic E-state index is 0.112. The van der Waals surface area contributed by atoms with Gasteiger partial charge in [-0.25, -0.2) is 9.50 Å². The minimum atomic E-state index is -4.64. The maximum Gasteiger partial charge on any atom is 0.453 e. The molecule has 0 bridgehead atoms. The number of nitrogens with one attached hydrogen (secondary N) is 1. The predicted molar refractivity (Wildman–Crippen MR) is 99.5 cm³/mol. The van der Waals surface area contributed by atoms with Crippen molar-refractivity contribution in [1.82, 2.24) is 24.9 Å². The van der Waals surface area contributed by atoms with Crippen LogP contribution in [-0.2, 0) is 17.4 Å². The van der Waals surface area contributed by atoms with Crippen LogP contribution in [0.5, 0.6) is 0 Å². The summed E-state index contributed by atoms with van der Waals surface area (Å²) in [6, 6.07) is 3.44. The third kappa shape index (κ3) is 4.27. The van der Waals surface area contributed by atoms with Crippen LogP contribution in [0.15, 0.2) is 12.1 Å². The van der Waals surface area contributed by atoms with E-state index in [4.69, 9.17) is 11.6 Å². The molecule has 0 radical (unpaired) electrons. The molecule has 1 amide bonds. The number of halogens is 4. The first-order valence-corrected chi connectivity index (χ1v) is 9.60. The SMILES string of the molecule is Cc1nc2nc(C(F)(F)F)nn2c(C)c1CCC(=O)NC(C)c1ccc(Cl)s1. The second kappa shape index (κ2) is 7.67. The quantitative estimate of drug-likeness (QED) is 0.654. The minimum Gasteiger partial charge on any atom is -0.349 e. The van der Waals surface area contributed by atoms with Crippen LogP contribution in [0, 0.1) is 13.8 Å². The highest BCUT2D eigenvalue weighted by Gasteiger charge is 2.37. The molecule has 1 atom stereocenters. The Kier molecular flexibility index (Phi) is 5.62. The van der Waals surface area contributed by atoms with E-state index < -0.39 is 12.0 Å². The van der Waals surface area contributed by atoms with Crippen molar-refractivity contribution in [3.8, 4) is 0 Å². The van der Waals surface area contributed by atoms with Crippen LogP contribution in [0.3, 0.4) is 0 Å². The summed E-state index contributed by atoms with van der Waals surface area (Å²) in [5, 5.41) is 6.40. The monoisotopic (exact) mass is 431 g/mol. The first-order valence-electron chi connectivity index (χ1n) is 8.41. The van der Waals surface area contributed by atoms with E-state index in [0.717, 1.165) is 9.39 Å². The molecular weight excluding hydrogens is 415 g/mol. The van der Waals surface area contributed by atoms with E-state index >= 15 is 0 Å². The summed E-state index contributed by atoms with van der Waals surface area (Å²) in [7, 11) is 0. The lowest BCUT2D eigenvalue weighted by Gasteiger charge is -2.13. The highest BCUT2D eigenvalue weighted by molar-refractivity contribution is 7.16. The first kappa shape index (κ1) is 20.5. The van der Waals surface area contributed by atoms with E-state index in [1.165, 1.54) is 11.3 Å². The number of alkyl halides is 3. The Bertz CT molecular complexity index is 1030. The van der Waals surface area contributed by atoms with Gasteiger partial charge in [0.25, 0.3) is 11.6 Å². The average Bonchev–Trinajstić information content (AvgIpc) is 3.20. The number of hydrogen-bond donors (Lipinski definition) is 1. The van der Waals surface area contributed by atoms with Gasteiger partial charge in [0.1, 0.15) is 0 Å². The number of aryl methyl sites for hydroxylation is 2. The lowest BCUT2D eigenvalue weighted by Crippen LogP contribution is -2.26. The topological polar surface area (TPSA) is 72.2 Å². The Balaban J connectivity index is 1.74. The van der Waals surface area contributed by atoms with Crippen LogP contribution in [0.4, 0.5) is 13.2 Å². The van der Waals surface area contributed by atoms with E-state index in [1.807, 2.05) is 13.0 Å². The van der Waals surface area contributed by atoms with Gasteiger partial charge < -0.3 is 5.32 Å². The molecule has 150 valence electrons. The molecule has 3 rings (SSSR count). The molecule has 11 heteroatoms. The number of aromatic nitrogens is 4. The van der Waals surface area contributed by atoms with Crippen molar-refractivity contribution in [3.05, 3.63) is 44.1 Å². The van der Waals surface area contributed by atoms with Gasteiger partial charge in [-0.1, -0.05) is 11.6 Å². The van der Waals surface area contributed by atoms with Crippen molar-refractivity contribution in [3.63, 3.8) is 0 Å². The fourth-order valence-electron chi connectivity index (χ4n) is 2.87. The lowest BCUT2D eigenvalue weighted by molar-refractivity contribution is -0.144. The maximum absolute atomic E-state index is 12.8. The normalized spacial score (nSPS) is 13.1. The lowest BCUT2D eigenvalue weighted by atomic mass is 10.1. The molecule has 0 saturated carbocycles. The van der Waals surface area contributed by atoms with Gasteiger partial charge in [-0.2, -0.15) is 18.2 Å². The zero-order chi connectivity index (χ0) is 20.6. The Labute approximate surface area is 167 Å². The van der Waals surface area contributed by atoms with Crippen LogP contribution in [-0.4, -0.2) is 25.5 Å². The van der Waals surface area contributed by atoms with E-state index in [2.05, 4.69) is 20.4 Å². The zero-order valence-corrected chi connectivity index (χ0v) is 16.8. The molecule has 28 heavy (non-hydrogen) atoms. The molecule has 1 unspecified atom stereocenters. The number of carbonyl (C=O) groups excluding carboxylic acids is 1. The Morgan fingerprint density at radius 2 is 2.04 bits per heavy atom. The fourth-order valence-corrected chi connectivity index (χ4v) is 3.94. The molecule has 3 heterocycles. The van der Waals surface area contributed by atoms with Crippen LogP contribution in [0.1, 0.15) is 47.0 Å². The van der Waals surface area contributed by atoms with Crippen molar-refractivity contribution in [2.24, 2.45) is 0 Å². The Hall–Kier alpha value is -2.20. The summed E-state index contributed by atoms with van der Waals surface area (Å²) in [4.78, 5) is 20.8. The number of carbonyl (C=O) groups is 1.